The van der Waals surface area contributed by atoms with Gasteiger partial charge in [0.1, 0.15) is 34.6 Å². The fourth-order valence-electron chi connectivity index (χ4n) is 2.17. The van der Waals surface area contributed by atoms with Crippen molar-refractivity contribution in [2.24, 2.45) is 0 Å². The van der Waals surface area contributed by atoms with E-state index in [0.29, 0.717) is 11.1 Å². The summed E-state index contributed by atoms with van der Waals surface area (Å²) in [6.07, 6.45) is -0.584. The number of carbonyl (C=O) groups excluding carboxylic acids is 2. The Morgan fingerprint density at radius 2 is 1.09 bits per heavy atom. The lowest BCUT2D eigenvalue weighted by atomic mass is 10.0. The average Bonchev–Trinajstić information content (AvgIpc) is 2.45. The van der Waals surface area contributed by atoms with E-state index in [1.165, 1.54) is 24.3 Å². The maximum Gasteiger partial charge on any atom is 0.144 e. The monoisotopic (exact) mass is 316 g/mol. The number of phenols is 4. The molecule has 0 bridgehead atoms. The standard InChI is InChI=1S/C17H16O6/c18-12-3-1-10(16(22)8-12)5-14(20)7-15(21)6-11-2-4-13(19)9-17(11)23/h1-4,8-9,18-19,22-23H,5-7H2. The van der Waals surface area contributed by atoms with Crippen LogP contribution in [0.4, 0.5) is 0 Å². The summed E-state index contributed by atoms with van der Waals surface area (Å²) >= 11 is 0. The zero-order valence-corrected chi connectivity index (χ0v) is 12.2. The van der Waals surface area contributed by atoms with Gasteiger partial charge in [-0.05, 0) is 12.1 Å². The predicted octanol–water partition coefficient (Wildman–Crippen LogP) is 1.82. The summed E-state index contributed by atoms with van der Waals surface area (Å²) in [6.45, 7) is 0. The predicted molar refractivity (Wildman–Crippen MR) is 81.6 cm³/mol. The number of Topliss-reactive ketones (excluding diaryl/α,β-unsaturated/α-hetero) is 2. The van der Waals surface area contributed by atoms with Crippen LogP contribution in [0, 0.1) is 0 Å². The van der Waals surface area contributed by atoms with E-state index >= 15 is 0 Å². The number of carbonyl (C=O) groups is 2. The highest BCUT2D eigenvalue weighted by molar-refractivity contribution is 6.01. The van der Waals surface area contributed by atoms with Crippen LogP contribution in [0.3, 0.4) is 0 Å². The van der Waals surface area contributed by atoms with Gasteiger partial charge < -0.3 is 20.4 Å². The van der Waals surface area contributed by atoms with Crippen molar-refractivity contribution in [2.45, 2.75) is 19.3 Å². The molecule has 0 atom stereocenters. The van der Waals surface area contributed by atoms with Crippen LogP contribution < -0.4 is 0 Å². The quantitative estimate of drug-likeness (QED) is 0.604. The van der Waals surface area contributed by atoms with Crippen molar-refractivity contribution in [3.8, 4) is 23.0 Å². The Morgan fingerprint density at radius 1 is 0.696 bits per heavy atom. The van der Waals surface area contributed by atoms with Gasteiger partial charge in [-0.2, -0.15) is 0 Å². The fraction of sp³-hybridized carbons (Fsp3) is 0.176. The molecule has 6 heteroatoms. The highest BCUT2D eigenvalue weighted by Gasteiger charge is 2.15. The highest BCUT2D eigenvalue weighted by atomic mass is 16.3. The van der Waals surface area contributed by atoms with Gasteiger partial charge in [-0.25, -0.2) is 0 Å². The van der Waals surface area contributed by atoms with Gasteiger partial charge >= 0.3 is 0 Å². The molecule has 2 aromatic carbocycles. The van der Waals surface area contributed by atoms with Crippen molar-refractivity contribution < 1.29 is 30.0 Å². The van der Waals surface area contributed by atoms with Crippen molar-refractivity contribution in [2.75, 3.05) is 0 Å². The van der Waals surface area contributed by atoms with Gasteiger partial charge in [0.2, 0.25) is 0 Å². The minimum Gasteiger partial charge on any atom is -0.508 e. The van der Waals surface area contributed by atoms with Crippen molar-refractivity contribution in [1.82, 2.24) is 0 Å². The van der Waals surface area contributed by atoms with E-state index < -0.39 is 0 Å². The van der Waals surface area contributed by atoms with Gasteiger partial charge in [-0.15, -0.1) is 0 Å². The summed E-state index contributed by atoms with van der Waals surface area (Å²) in [7, 11) is 0. The van der Waals surface area contributed by atoms with Crippen molar-refractivity contribution >= 4 is 11.6 Å². The molecular weight excluding hydrogens is 300 g/mol. The molecule has 0 aromatic heterocycles. The smallest absolute Gasteiger partial charge is 0.144 e. The van der Waals surface area contributed by atoms with Gasteiger partial charge in [-0.3, -0.25) is 9.59 Å². The van der Waals surface area contributed by atoms with Crippen LogP contribution in [-0.2, 0) is 22.4 Å². The molecule has 0 aliphatic rings. The van der Waals surface area contributed by atoms with Gasteiger partial charge in [0.05, 0.1) is 6.42 Å². The maximum absolute atomic E-state index is 11.9. The van der Waals surface area contributed by atoms with Crippen LogP contribution >= 0.6 is 0 Å². The molecule has 2 aromatic rings. The Morgan fingerprint density at radius 3 is 1.43 bits per heavy atom. The molecule has 0 spiro atoms. The van der Waals surface area contributed by atoms with Crippen LogP contribution in [0.1, 0.15) is 17.5 Å². The van der Waals surface area contributed by atoms with E-state index in [2.05, 4.69) is 0 Å². The van der Waals surface area contributed by atoms with Crippen LogP contribution in [0.25, 0.3) is 0 Å². The molecule has 0 aliphatic heterocycles. The first kappa shape index (κ1) is 16.4. The minimum absolute atomic E-state index is 0.113. The minimum atomic E-state index is -0.380. The molecule has 4 N–H and O–H groups in total. The van der Waals surface area contributed by atoms with E-state index in [1.807, 2.05) is 0 Å². The summed E-state index contributed by atoms with van der Waals surface area (Å²) in [4.78, 5) is 23.8. The van der Waals surface area contributed by atoms with Crippen molar-refractivity contribution in [3.05, 3.63) is 47.5 Å². The number of hydrogen-bond acceptors (Lipinski definition) is 6. The summed E-state index contributed by atoms with van der Waals surface area (Å²) in [5.74, 6) is -1.40. The molecular formula is C17H16O6. The average molecular weight is 316 g/mol. The summed E-state index contributed by atoms with van der Waals surface area (Å²) in [5.41, 5.74) is 0.654. The molecule has 2 rings (SSSR count). The number of phenolic OH excluding ortho intramolecular Hbond substituents is 4. The maximum atomic E-state index is 11.9. The van der Waals surface area contributed by atoms with Crippen molar-refractivity contribution in [3.63, 3.8) is 0 Å². The van der Waals surface area contributed by atoms with E-state index in [1.54, 1.807) is 0 Å². The first-order valence-corrected chi connectivity index (χ1v) is 6.90. The first-order chi connectivity index (χ1) is 10.8. The lowest BCUT2D eigenvalue weighted by molar-refractivity contribution is -0.126. The zero-order valence-electron chi connectivity index (χ0n) is 12.2. The van der Waals surface area contributed by atoms with Crippen LogP contribution in [0.2, 0.25) is 0 Å². The van der Waals surface area contributed by atoms with Crippen molar-refractivity contribution in [1.29, 1.82) is 0 Å². The highest BCUT2D eigenvalue weighted by Crippen LogP contribution is 2.25. The number of ketones is 2. The fourth-order valence-corrected chi connectivity index (χ4v) is 2.17. The van der Waals surface area contributed by atoms with Gasteiger partial charge in [0.25, 0.3) is 0 Å². The van der Waals surface area contributed by atoms with E-state index in [9.17, 15) is 30.0 Å². The number of aromatic hydroxyl groups is 4. The molecule has 0 amide bonds. The third-order valence-corrected chi connectivity index (χ3v) is 3.31. The normalized spacial score (nSPS) is 10.4. The van der Waals surface area contributed by atoms with Crippen LogP contribution in [0.5, 0.6) is 23.0 Å². The Labute approximate surface area is 132 Å². The first-order valence-electron chi connectivity index (χ1n) is 6.90. The zero-order chi connectivity index (χ0) is 17.0. The Hall–Kier alpha value is -3.02. The van der Waals surface area contributed by atoms with Crippen LogP contribution in [0.15, 0.2) is 36.4 Å². The van der Waals surface area contributed by atoms with E-state index in [0.717, 1.165) is 12.1 Å². The summed E-state index contributed by atoms with van der Waals surface area (Å²) in [5, 5.41) is 37.6. The Balaban J connectivity index is 1.95. The van der Waals surface area contributed by atoms with E-state index in [4.69, 9.17) is 0 Å². The summed E-state index contributed by atoms with van der Waals surface area (Å²) in [6, 6.07) is 7.77. The van der Waals surface area contributed by atoms with Crippen LogP contribution in [-0.4, -0.2) is 32.0 Å². The summed E-state index contributed by atoms with van der Waals surface area (Å²) < 4.78 is 0. The second-order valence-electron chi connectivity index (χ2n) is 5.23. The molecule has 0 fully saturated rings. The van der Waals surface area contributed by atoms with E-state index in [-0.39, 0.29) is 53.8 Å². The Kier molecular flexibility index (Phi) is 4.85. The second kappa shape index (κ2) is 6.83. The molecule has 0 saturated heterocycles. The van der Waals surface area contributed by atoms with Gasteiger partial charge in [-0.1, -0.05) is 12.1 Å². The SMILES string of the molecule is O=C(CC(=O)Cc1ccc(O)cc1O)Cc1ccc(O)cc1O. The lowest BCUT2D eigenvalue weighted by Crippen LogP contribution is -2.12. The number of rotatable bonds is 6. The topological polar surface area (TPSA) is 115 Å². The molecule has 6 nitrogen and oxygen atoms in total. The molecule has 0 saturated carbocycles. The molecule has 0 aliphatic carbocycles. The van der Waals surface area contributed by atoms with Gasteiger partial charge in [0, 0.05) is 36.1 Å². The lowest BCUT2D eigenvalue weighted by Gasteiger charge is -2.06. The number of benzene rings is 2. The molecule has 120 valence electrons. The number of hydrogen-bond donors (Lipinski definition) is 4. The third kappa shape index (κ3) is 4.47. The molecule has 0 unspecified atom stereocenters. The van der Waals surface area contributed by atoms with Gasteiger partial charge in [0.15, 0.2) is 0 Å². The third-order valence-electron chi connectivity index (χ3n) is 3.31. The molecule has 0 heterocycles. The molecule has 23 heavy (non-hydrogen) atoms. The second-order valence-corrected chi connectivity index (χ2v) is 5.23. The largest absolute Gasteiger partial charge is 0.508 e. The molecule has 0 radical (unpaired) electrons. The Bertz CT molecular complexity index is 687.